The molecule has 2 aromatic rings. The zero-order valence-corrected chi connectivity index (χ0v) is 20.9. The fourth-order valence-corrected chi connectivity index (χ4v) is 5.14. The van der Waals surface area contributed by atoms with Gasteiger partial charge >= 0.3 is 0 Å². The molecule has 0 bridgehead atoms. The van der Waals surface area contributed by atoms with Crippen molar-refractivity contribution in [3.63, 3.8) is 0 Å². The van der Waals surface area contributed by atoms with Gasteiger partial charge in [0.05, 0.1) is 16.3 Å². The SMILES string of the molecule is CC(C)CC(=O)NC1CCN(c2ccccc2C(=O)N2CCN(c3ccccc3Cl)CC2)CC1. The van der Waals surface area contributed by atoms with Crippen molar-refractivity contribution in [2.45, 2.75) is 39.2 Å². The van der Waals surface area contributed by atoms with Crippen LogP contribution in [0, 0.1) is 5.92 Å². The van der Waals surface area contributed by atoms with Gasteiger partial charge in [0.15, 0.2) is 0 Å². The van der Waals surface area contributed by atoms with Crippen molar-refractivity contribution in [3.8, 4) is 0 Å². The topological polar surface area (TPSA) is 55.9 Å². The van der Waals surface area contributed by atoms with Crippen LogP contribution in [-0.2, 0) is 4.79 Å². The van der Waals surface area contributed by atoms with Gasteiger partial charge in [-0.15, -0.1) is 0 Å². The molecular formula is C27H35ClN4O2. The molecule has 0 unspecified atom stereocenters. The van der Waals surface area contributed by atoms with Crippen LogP contribution in [-0.4, -0.2) is 62.0 Å². The first-order chi connectivity index (χ1) is 16.4. The van der Waals surface area contributed by atoms with E-state index in [0.29, 0.717) is 25.4 Å². The number of nitrogens with one attached hydrogen (secondary N) is 1. The molecule has 182 valence electrons. The second-order valence-corrected chi connectivity index (χ2v) is 10.1. The van der Waals surface area contributed by atoms with Gasteiger partial charge in [-0.1, -0.05) is 49.7 Å². The third-order valence-corrected chi connectivity index (χ3v) is 7.01. The van der Waals surface area contributed by atoms with Crippen molar-refractivity contribution in [2.75, 3.05) is 49.1 Å². The highest BCUT2D eigenvalue weighted by Crippen LogP contribution is 2.28. The first kappa shape index (κ1) is 24.4. The number of anilines is 2. The normalized spacial score (nSPS) is 17.2. The summed E-state index contributed by atoms with van der Waals surface area (Å²) in [6.45, 7) is 8.65. The van der Waals surface area contributed by atoms with Gasteiger partial charge in [0.2, 0.25) is 5.91 Å². The van der Waals surface area contributed by atoms with E-state index < -0.39 is 0 Å². The maximum Gasteiger partial charge on any atom is 0.256 e. The summed E-state index contributed by atoms with van der Waals surface area (Å²) in [7, 11) is 0. The van der Waals surface area contributed by atoms with Crippen LogP contribution in [0.3, 0.4) is 0 Å². The average Bonchev–Trinajstić information content (AvgIpc) is 2.84. The predicted octanol–water partition coefficient (Wildman–Crippen LogP) is 4.43. The van der Waals surface area contributed by atoms with Crippen LogP contribution in [0.5, 0.6) is 0 Å². The summed E-state index contributed by atoms with van der Waals surface area (Å²) in [5.41, 5.74) is 2.78. The molecule has 0 radical (unpaired) electrons. The Morgan fingerprint density at radius 2 is 1.47 bits per heavy atom. The fraction of sp³-hybridized carbons (Fsp3) is 0.481. The summed E-state index contributed by atoms with van der Waals surface area (Å²) >= 11 is 6.37. The van der Waals surface area contributed by atoms with Gasteiger partial charge in [-0.25, -0.2) is 0 Å². The van der Waals surface area contributed by atoms with E-state index in [9.17, 15) is 9.59 Å². The molecule has 0 saturated carbocycles. The predicted molar refractivity (Wildman–Crippen MR) is 139 cm³/mol. The minimum atomic E-state index is 0.0850. The second-order valence-electron chi connectivity index (χ2n) is 9.67. The molecule has 2 aliphatic heterocycles. The molecule has 2 amide bonds. The first-order valence-electron chi connectivity index (χ1n) is 12.3. The zero-order chi connectivity index (χ0) is 24.1. The largest absolute Gasteiger partial charge is 0.371 e. The Labute approximate surface area is 207 Å². The van der Waals surface area contributed by atoms with Gasteiger partial charge in [0.1, 0.15) is 0 Å². The Hall–Kier alpha value is -2.73. The summed E-state index contributed by atoms with van der Waals surface area (Å²) in [5.74, 6) is 0.589. The molecule has 6 nitrogen and oxygen atoms in total. The maximum absolute atomic E-state index is 13.5. The van der Waals surface area contributed by atoms with Gasteiger partial charge in [0.25, 0.3) is 5.91 Å². The minimum absolute atomic E-state index is 0.0850. The lowest BCUT2D eigenvalue weighted by Gasteiger charge is -2.38. The number of amides is 2. The number of halogens is 1. The summed E-state index contributed by atoms with van der Waals surface area (Å²) < 4.78 is 0. The van der Waals surface area contributed by atoms with Gasteiger partial charge < -0.3 is 20.0 Å². The molecule has 4 rings (SSSR count). The maximum atomic E-state index is 13.5. The highest BCUT2D eigenvalue weighted by molar-refractivity contribution is 6.33. The van der Waals surface area contributed by atoms with Crippen molar-refractivity contribution in [3.05, 3.63) is 59.1 Å². The van der Waals surface area contributed by atoms with Crippen LogP contribution in [0.25, 0.3) is 0 Å². The number of piperazine rings is 1. The molecule has 2 aliphatic rings. The van der Waals surface area contributed by atoms with Crippen LogP contribution in [0.2, 0.25) is 5.02 Å². The standard InChI is InChI=1S/C27H35ClN4O2/c1-20(2)19-26(33)29-21-11-13-30(14-12-21)24-9-5-3-7-22(24)27(34)32-17-15-31(16-18-32)25-10-6-4-8-23(25)28/h3-10,20-21H,11-19H2,1-2H3,(H,29,33). The number of hydrogen-bond acceptors (Lipinski definition) is 4. The van der Waals surface area contributed by atoms with Crippen LogP contribution in [0.4, 0.5) is 11.4 Å². The number of nitrogens with zero attached hydrogens (tertiary/aromatic N) is 3. The number of carbonyl (C=O) groups excluding carboxylic acids is 2. The zero-order valence-electron chi connectivity index (χ0n) is 20.2. The van der Waals surface area contributed by atoms with Gasteiger partial charge in [-0.2, -0.15) is 0 Å². The quantitative estimate of drug-likeness (QED) is 0.661. The third-order valence-electron chi connectivity index (χ3n) is 6.69. The Morgan fingerprint density at radius 1 is 0.882 bits per heavy atom. The molecule has 0 atom stereocenters. The van der Waals surface area contributed by atoms with Crippen LogP contribution in [0.1, 0.15) is 43.5 Å². The van der Waals surface area contributed by atoms with Crippen molar-refractivity contribution >= 4 is 34.8 Å². The molecule has 34 heavy (non-hydrogen) atoms. The van der Waals surface area contributed by atoms with Crippen molar-refractivity contribution in [1.82, 2.24) is 10.2 Å². The Bertz CT molecular complexity index is 996. The molecular weight excluding hydrogens is 448 g/mol. The van der Waals surface area contributed by atoms with E-state index in [4.69, 9.17) is 11.6 Å². The number of benzene rings is 2. The summed E-state index contributed by atoms with van der Waals surface area (Å²) in [6, 6.07) is 16.0. The van der Waals surface area contributed by atoms with Gasteiger partial charge in [-0.3, -0.25) is 9.59 Å². The number of rotatable bonds is 6. The van der Waals surface area contributed by atoms with Crippen molar-refractivity contribution < 1.29 is 9.59 Å². The van der Waals surface area contributed by atoms with Gasteiger partial charge in [0, 0.05) is 57.4 Å². The van der Waals surface area contributed by atoms with E-state index in [0.717, 1.165) is 61.0 Å². The van der Waals surface area contributed by atoms with E-state index in [-0.39, 0.29) is 17.9 Å². The van der Waals surface area contributed by atoms with E-state index in [2.05, 4.69) is 29.0 Å². The lowest BCUT2D eigenvalue weighted by molar-refractivity contribution is -0.122. The molecule has 1 N–H and O–H groups in total. The Kier molecular flexibility index (Phi) is 7.99. The summed E-state index contributed by atoms with van der Waals surface area (Å²) in [4.78, 5) is 32.1. The lowest BCUT2D eigenvalue weighted by Crippen LogP contribution is -2.49. The smallest absolute Gasteiger partial charge is 0.256 e. The van der Waals surface area contributed by atoms with Crippen LogP contribution >= 0.6 is 11.6 Å². The molecule has 0 aromatic heterocycles. The fourth-order valence-electron chi connectivity index (χ4n) is 4.88. The van der Waals surface area contributed by atoms with E-state index in [1.807, 2.05) is 53.4 Å². The summed E-state index contributed by atoms with van der Waals surface area (Å²) in [5, 5.41) is 3.92. The molecule has 2 aromatic carbocycles. The molecule has 0 spiro atoms. The minimum Gasteiger partial charge on any atom is -0.371 e. The molecule has 2 saturated heterocycles. The molecule has 7 heteroatoms. The van der Waals surface area contributed by atoms with Crippen LogP contribution in [0.15, 0.2) is 48.5 Å². The highest BCUT2D eigenvalue weighted by atomic mass is 35.5. The number of hydrogen-bond donors (Lipinski definition) is 1. The second kappa shape index (κ2) is 11.1. The monoisotopic (exact) mass is 482 g/mol. The lowest BCUT2D eigenvalue weighted by atomic mass is 10.0. The van der Waals surface area contributed by atoms with Crippen LogP contribution < -0.4 is 15.1 Å². The Morgan fingerprint density at radius 3 is 2.12 bits per heavy atom. The Balaban J connectivity index is 1.36. The highest BCUT2D eigenvalue weighted by Gasteiger charge is 2.28. The third kappa shape index (κ3) is 5.84. The van der Waals surface area contributed by atoms with Gasteiger partial charge in [-0.05, 0) is 43.0 Å². The van der Waals surface area contributed by atoms with Crippen molar-refractivity contribution in [2.24, 2.45) is 5.92 Å². The number of piperidine rings is 1. The first-order valence-corrected chi connectivity index (χ1v) is 12.7. The average molecular weight is 483 g/mol. The van der Waals surface area contributed by atoms with E-state index in [1.165, 1.54) is 0 Å². The van der Waals surface area contributed by atoms with E-state index >= 15 is 0 Å². The molecule has 2 fully saturated rings. The van der Waals surface area contributed by atoms with E-state index in [1.54, 1.807) is 0 Å². The molecule has 0 aliphatic carbocycles. The number of para-hydroxylation sites is 2. The molecule has 2 heterocycles. The number of carbonyl (C=O) groups is 2. The van der Waals surface area contributed by atoms with Crippen molar-refractivity contribution in [1.29, 1.82) is 0 Å². The summed E-state index contributed by atoms with van der Waals surface area (Å²) in [6.07, 6.45) is 2.35.